The van der Waals surface area contributed by atoms with Gasteiger partial charge in [0, 0.05) is 44.0 Å². The number of ether oxygens (including phenoxy) is 6. The van der Waals surface area contributed by atoms with E-state index in [-0.39, 0.29) is 0 Å². The van der Waals surface area contributed by atoms with Gasteiger partial charge in [-0.1, -0.05) is 35.8 Å². The van der Waals surface area contributed by atoms with Crippen molar-refractivity contribution in [2.75, 3.05) is 80.3 Å². The minimum Gasteiger partial charge on any atom is -0.382 e. The van der Waals surface area contributed by atoms with Gasteiger partial charge in [0.25, 0.3) is 0 Å². The molecule has 0 unspecified atom stereocenters. The van der Waals surface area contributed by atoms with Crippen LogP contribution in [0.1, 0.15) is 62.8 Å². The number of hydrogen-bond acceptors (Lipinski definition) is 8. The Morgan fingerprint density at radius 3 is 1.27 bits per heavy atom. The first-order valence-corrected chi connectivity index (χ1v) is 15.6. The molecule has 0 amide bonds. The molecule has 0 spiro atoms. The minimum absolute atomic E-state index is 0.447. The second kappa shape index (κ2) is 17.8. The van der Waals surface area contributed by atoms with Crippen LogP contribution in [-0.2, 0) is 33.8 Å². The molecule has 0 saturated heterocycles. The highest BCUT2D eigenvalue weighted by molar-refractivity contribution is 5.82. The molecule has 2 N–H and O–H groups in total. The predicted molar refractivity (Wildman–Crippen MR) is 175 cm³/mol. The second-order valence-electron chi connectivity index (χ2n) is 12.2. The van der Waals surface area contributed by atoms with Crippen LogP contribution in [0.4, 0.5) is 0 Å². The Hall–Kier alpha value is -2.76. The summed E-state index contributed by atoms with van der Waals surface area (Å²) in [6, 6.07) is 12.5. The number of benzene rings is 2. The SMILES string of the molecule is COCCOCCOCCC1(CCOCCOCCOC)c2cc(C#CC(C)(C)O)ccc2-c2ccc(C#CC(C)(C)O)cc21. The molecule has 0 aromatic heterocycles. The summed E-state index contributed by atoms with van der Waals surface area (Å²) < 4.78 is 33.5. The molecule has 2 aromatic carbocycles. The Labute approximate surface area is 269 Å². The molecule has 0 radical (unpaired) electrons. The van der Waals surface area contributed by atoms with Gasteiger partial charge in [0.2, 0.25) is 0 Å². The van der Waals surface area contributed by atoms with E-state index in [0.29, 0.717) is 78.9 Å². The molecular weight excluding hydrogens is 572 g/mol. The zero-order valence-electron chi connectivity index (χ0n) is 27.8. The van der Waals surface area contributed by atoms with Gasteiger partial charge in [0.15, 0.2) is 0 Å². The lowest BCUT2D eigenvalue weighted by Crippen LogP contribution is -2.30. The third-order valence-corrected chi connectivity index (χ3v) is 7.34. The van der Waals surface area contributed by atoms with Crippen molar-refractivity contribution in [3.63, 3.8) is 0 Å². The van der Waals surface area contributed by atoms with E-state index in [1.807, 2.05) is 12.1 Å². The number of aliphatic hydroxyl groups is 2. The monoisotopic (exact) mass is 622 g/mol. The zero-order chi connectivity index (χ0) is 32.8. The molecule has 8 heteroatoms. The Bertz CT molecular complexity index is 1230. The van der Waals surface area contributed by atoms with E-state index >= 15 is 0 Å². The van der Waals surface area contributed by atoms with Gasteiger partial charge < -0.3 is 38.6 Å². The van der Waals surface area contributed by atoms with Crippen molar-refractivity contribution in [3.8, 4) is 34.8 Å². The third kappa shape index (κ3) is 11.8. The molecule has 0 aliphatic heterocycles. The van der Waals surface area contributed by atoms with Crippen LogP contribution in [-0.4, -0.2) is 102 Å². The normalized spacial score (nSPS) is 13.4. The molecule has 0 fully saturated rings. The smallest absolute Gasteiger partial charge is 0.120 e. The highest BCUT2D eigenvalue weighted by Gasteiger charge is 2.43. The van der Waals surface area contributed by atoms with E-state index in [2.05, 4.69) is 47.9 Å². The average Bonchev–Trinajstić information content (AvgIpc) is 3.25. The highest BCUT2D eigenvalue weighted by Crippen LogP contribution is 2.53. The Balaban J connectivity index is 1.97. The molecule has 0 heterocycles. The van der Waals surface area contributed by atoms with Crippen molar-refractivity contribution in [1.82, 2.24) is 0 Å². The van der Waals surface area contributed by atoms with E-state index in [4.69, 9.17) is 28.4 Å². The van der Waals surface area contributed by atoms with Gasteiger partial charge in [-0.05, 0) is 87.1 Å². The number of hydrogen-bond donors (Lipinski definition) is 2. The predicted octanol–water partition coefficient (Wildman–Crippen LogP) is 4.34. The maximum atomic E-state index is 10.3. The summed E-state index contributed by atoms with van der Waals surface area (Å²) in [6.07, 6.45) is 1.40. The first kappa shape index (κ1) is 36.7. The Kier molecular flexibility index (Phi) is 14.5. The van der Waals surface area contributed by atoms with Crippen molar-refractivity contribution in [2.24, 2.45) is 0 Å². The molecular formula is C37H50O8. The Morgan fingerprint density at radius 1 is 0.556 bits per heavy atom. The molecule has 2 aromatic rings. The maximum absolute atomic E-state index is 10.3. The Morgan fingerprint density at radius 2 is 0.911 bits per heavy atom. The molecule has 0 atom stereocenters. The summed E-state index contributed by atoms with van der Waals surface area (Å²) in [4.78, 5) is 0. The summed E-state index contributed by atoms with van der Waals surface area (Å²) in [7, 11) is 3.30. The van der Waals surface area contributed by atoms with Gasteiger partial charge >= 0.3 is 0 Å². The zero-order valence-corrected chi connectivity index (χ0v) is 27.8. The summed E-state index contributed by atoms with van der Waals surface area (Å²) >= 11 is 0. The summed E-state index contributed by atoms with van der Waals surface area (Å²) in [5.74, 6) is 12.2. The lowest BCUT2D eigenvalue weighted by atomic mass is 9.72. The van der Waals surface area contributed by atoms with Crippen molar-refractivity contribution >= 4 is 0 Å². The van der Waals surface area contributed by atoms with Crippen molar-refractivity contribution in [1.29, 1.82) is 0 Å². The van der Waals surface area contributed by atoms with Crippen molar-refractivity contribution in [2.45, 2.75) is 57.2 Å². The number of fused-ring (bicyclic) bond motifs is 3. The van der Waals surface area contributed by atoms with Crippen LogP contribution in [0, 0.1) is 23.7 Å². The quantitative estimate of drug-likeness (QED) is 0.187. The van der Waals surface area contributed by atoms with Gasteiger partial charge in [0.05, 0.1) is 52.9 Å². The fraction of sp³-hybridized carbons (Fsp3) is 0.568. The van der Waals surface area contributed by atoms with E-state index < -0.39 is 16.6 Å². The van der Waals surface area contributed by atoms with E-state index in [9.17, 15) is 10.2 Å². The molecule has 0 saturated carbocycles. The fourth-order valence-corrected chi connectivity index (χ4v) is 5.19. The molecule has 8 nitrogen and oxygen atoms in total. The molecule has 1 aliphatic rings. The average molecular weight is 623 g/mol. The van der Waals surface area contributed by atoms with Crippen LogP contribution in [0.25, 0.3) is 11.1 Å². The van der Waals surface area contributed by atoms with E-state index in [0.717, 1.165) is 33.4 Å². The topological polar surface area (TPSA) is 95.8 Å². The van der Waals surface area contributed by atoms with Gasteiger partial charge in [-0.15, -0.1) is 0 Å². The number of rotatable bonds is 18. The van der Waals surface area contributed by atoms with Crippen LogP contribution in [0.3, 0.4) is 0 Å². The lowest BCUT2D eigenvalue weighted by Gasteiger charge is -2.32. The van der Waals surface area contributed by atoms with Crippen LogP contribution in [0.15, 0.2) is 36.4 Å². The fourth-order valence-electron chi connectivity index (χ4n) is 5.19. The standard InChI is InChI=1S/C37H50O8/c1-35(2,38)13-11-29-7-9-31-32-10-8-30(12-14-36(3,4)39)28-34(32)37(33(31)27-29,15-17-42-23-25-44-21-19-40-5)16-18-43-24-26-45-22-20-41-6/h7-10,27-28,38-39H,15-26H2,1-6H3. The van der Waals surface area contributed by atoms with Gasteiger partial charge in [-0.3, -0.25) is 0 Å². The van der Waals surface area contributed by atoms with Crippen LogP contribution < -0.4 is 0 Å². The highest BCUT2D eigenvalue weighted by atomic mass is 16.5. The van der Waals surface area contributed by atoms with E-state index in [1.165, 1.54) is 0 Å². The van der Waals surface area contributed by atoms with Crippen LogP contribution in [0.2, 0.25) is 0 Å². The molecule has 1 aliphatic carbocycles. The van der Waals surface area contributed by atoms with Crippen LogP contribution in [0.5, 0.6) is 0 Å². The molecule has 3 rings (SSSR count). The van der Waals surface area contributed by atoms with E-state index in [1.54, 1.807) is 41.9 Å². The van der Waals surface area contributed by atoms with Crippen molar-refractivity contribution in [3.05, 3.63) is 58.7 Å². The molecule has 45 heavy (non-hydrogen) atoms. The maximum Gasteiger partial charge on any atom is 0.120 e. The second-order valence-corrected chi connectivity index (χ2v) is 12.2. The first-order chi connectivity index (χ1) is 21.5. The van der Waals surface area contributed by atoms with Gasteiger partial charge in [0.1, 0.15) is 11.2 Å². The minimum atomic E-state index is -1.11. The summed E-state index contributed by atoms with van der Waals surface area (Å²) in [5, 5.41) is 20.5. The largest absolute Gasteiger partial charge is 0.382 e. The molecule has 246 valence electrons. The van der Waals surface area contributed by atoms with Gasteiger partial charge in [-0.2, -0.15) is 0 Å². The summed E-state index contributed by atoms with van der Waals surface area (Å²) in [6.45, 7) is 11.8. The van der Waals surface area contributed by atoms with Crippen molar-refractivity contribution < 1.29 is 38.6 Å². The van der Waals surface area contributed by atoms with Gasteiger partial charge in [-0.25, -0.2) is 0 Å². The van der Waals surface area contributed by atoms with Crippen LogP contribution >= 0.6 is 0 Å². The lowest BCUT2D eigenvalue weighted by molar-refractivity contribution is 0.0145. The first-order valence-electron chi connectivity index (χ1n) is 15.6. The summed E-state index contributed by atoms with van der Waals surface area (Å²) in [5.41, 5.74) is 3.55. The number of methoxy groups -OCH3 is 2. The third-order valence-electron chi connectivity index (χ3n) is 7.34. The molecule has 0 bridgehead atoms.